The van der Waals surface area contributed by atoms with Gasteiger partial charge in [0, 0.05) is 6.07 Å². The van der Waals surface area contributed by atoms with Crippen molar-refractivity contribution in [2.75, 3.05) is 0 Å². The van der Waals surface area contributed by atoms with Crippen LogP contribution in [0, 0.1) is 10.1 Å². The second kappa shape index (κ2) is 5.83. The van der Waals surface area contributed by atoms with Gasteiger partial charge in [0.15, 0.2) is 0 Å². The van der Waals surface area contributed by atoms with Gasteiger partial charge in [-0.2, -0.15) is 0 Å². The van der Waals surface area contributed by atoms with Crippen LogP contribution in [0.15, 0.2) is 36.5 Å². The minimum absolute atomic E-state index is 0.107. The molecule has 0 fully saturated rings. The number of hydrogen-bond acceptors (Lipinski definition) is 5. The normalized spacial score (nSPS) is 10.7. The van der Waals surface area contributed by atoms with Crippen LogP contribution in [-0.2, 0) is 0 Å². The molecule has 0 aliphatic carbocycles. The number of carbonyl (C=O) groups is 1. The van der Waals surface area contributed by atoms with Gasteiger partial charge in [-0.25, -0.2) is 9.78 Å². The number of nitro groups is 1. The molecule has 0 aliphatic heterocycles. The Morgan fingerprint density at radius 2 is 2.00 bits per heavy atom. The van der Waals surface area contributed by atoms with E-state index in [0.717, 1.165) is 6.20 Å². The van der Waals surface area contributed by atoms with Crippen LogP contribution in [0.3, 0.4) is 0 Å². The van der Waals surface area contributed by atoms with Gasteiger partial charge < -0.3 is 10.2 Å². The molecule has 0 aliphatic rings. The first-order valence-electron chi connectivity index (χ1n) is 5.82. The number of carboxylic acid groups (broad SMARTS) is 1. The molecule has 0 atom stereocenters. The van der Waals surface area contributed by atoms with Crippen LogP contribution in [0.25, 0.3) is 12.2 Å². The van der Waals surface area contributed by atoms with Crippen LogP contribution in [0.5, 0.6) is 5.75 Å². The maximum atomic E-state index is 10.9. The molecule has 0 unspecified atom stereocenters. The van der Waals surface area contributed by atoms with E-state index in [-0.39, 0.29) is 17.0 Å². The molecule has 2 rings (SSSR count). The molecular weight excluding hydrogens is 276 g/mol. The second-order valence-electron chi connectivity index (χ2n) is 4.11. The molecule has 7 nitrogen and oxygen atoms in total. The van der Waals surface area contributed by atoms with Crippen molar-refractivity contribution in [2.45, 2.75) is 0 Å². The third-order valence-corrected chi connectivity index (χ3v) is 2.68. The molecule has 1 heterocycles. The third kappa shape index (κ3) is 3.41. The number of nitrogens with zero attached hydrogens (tertiary/aromatic N) is 2. The summed E-state index contributed by atoms with van der Waals surface area (Å²) in [6, 6.07) is 6.95. The van der Waals surface area contributed by atoms with Gasteiger partial charge in [-0.1, -0.05) is 12.1 Å². The van der Waals surface area contributed by atoms with E-state index >= 15 is 0 Å². The number of hydrogen-bond donors (Lipinski definition) is 2. The van der Waals surface area contributed by atoms with Crippen LogP contribution < -0.4 is 0 Å². The fourth-order valence-electron chi connectivity index (χ4n) is 1.61. The monoisotopic (exact) mass is 286 g/mol. The van der Waals surface area contributed by atoms with Crippen LogP contribution in [-0.4, -0.2) is 26.1 Å². The lowest BCUT2D eigenvalue weighted by atomic mass is 10.1. The standard InChI is InChI=1S/C14H10N2O5/c17-13-6-2-9(7-12(13)14(18)19)1-3-10-4-5-11(8-15-10)16(20)21/h1-8,17H,(H,18,19). The molecular formula is C14H10N2O5. The van der Waals surface area contributed by atoms with Crippen LogP contribution in [0.4, 0.5) is 5.69 Å². The lowest BCUT2D eigenvalue weighted by molar-refractivity contribution is -0.385. The van der Waals surface area contributed by atoms with Crippen molar-refractivity contribution >= 4 is 23.8 Å². The topological polar surface area (TPSA) is 114 Å². The molecule has 1 aromatic heterocycles. The number of pyridine rings is 1. The Balaban J connectivity index is 2.23. The van der Waals surface area contributed by atoms with Gasteiger partial charge in [0.1, 0.15) is 17.5 Å². The minimum Gasteiger partial charge on any atom is -0.507 e. The fourth-order valence-corrected chi connectivity index (χ4v) is 1.61. The largest absolute Gasteiger partial charge is 0.507 e. The summed E-state index contributed by atoms with van der Waals surface area (Å²) in [5.74, 6) is -1.54. The van der Waals surface area contributed by atoms with Gasteiger partial charge >= 0.3 is 5.97 Å². The fraction of sp³-hybridized carbons (Fsp3) is 0. The lowest BCUT2D eigenvalue weighted by Crippen LogP contribution is -1.96. The van der Waals surface area contributed by atoms with E-state index in [2.05, 4.69) is 4.98 Å². The highest BCUT2D eigenvalue weighted by atomic mass is 16.6. The predicted octanol–water partition coefficient (Wildman–Crippen LogP) is 2.56. The Bertz CT molecular complexity index is 723. The van der Waals surface area contributed by atoms with Gasteiger partial charge in [0.05, 0.1) is 10.6 Å². The van der Waals surface area contributed by atoms with E-state index in [0.29, 0.717) is 11.3 Å². The molecule has 2 N–H and O–H groups in total. The predicted molar refractivity (Wildman–Crippen MR) is 74.9 cm³/mol. The average Bonchev–Trinajstić information content (AvgIpc) is 2.46. The minimum atomic E-state index is -1.23. The third-order valence-electron chi connectivity index (χ3n) is 2.68. The number of benzene rings is 1. The molecule has 0 amide bonds. The van der Waals surface area contributed by atoms with Gasteiger partial charge in [0.2, 0.25) is 0 Å². The molecule has 0 bridgehead atoms. The van der Waals surface area contributed by atoms with Gasteiger partial charge in [-0.3, -0.25) is 10.1 Å². The van der Waals surface area contributed by atoms with Crippen molar-refractivity contribution < 1.29 is 19.9 Å². The SMILES string of the molecule is O=C(O)c1cc(C=Cc2ccc([N+](=O)[O-])cn2)ccc1O. The van der Waals surface area contributed by atoms with Crippen LogP contribution in [0.1, 0.15) is 21.6 Å². The molecule has 2 aromatic rings. The van der Waals surface area contributed by atoms with Crippen molar-refractivity contribution in [3.05, 3.63) is 63.5 Å². The average molecular weight is 286 g/mol. The van der Waals surface area contributed by atoms with Crippen molar-refractivity contribution in [2.24, 2.45) is 0 Å². The summed E-state index contributed by atoms with van der Waals surface area (Å²) in [7, 11) is 0. The summed E-state index contributed by atoms with van der Waals surface area (Å²) in [5.41, 5.74) is 0.745. The number of carboxylic acids is 1. The summed E-state index contributed by atoms with van der Waals surface area (Å²) < 4.78 is 0. The lowest BCUT2D eigenvalue weighted by Gasteiger charge is -2.00. The van der Waals surface area contributed by atoms with E-state index in [1.807, 2.05) is 0 Å². The number of aromatic hydroxyl groups is 1. The van der Waals surface area contributed by atoms with Crippen LogP contribution >= 0.6 is 0 Å². The molecule has 0 saturated carbocycles. The summed E-state index contributed by atoms with van der Waals surface area (Å²) in [5, 5.41) is 28.8. The molecule has 0 radical (unpaired) electrons. The highest BCUT2D eigenvalue weighted by Crippen LogP contribution is 2.20. The second-order valence-corrected chi connectivity index (χ2v) is 4.11. The first-order valence-corrected chi connectivity index (χ1v) is 5.82. The Kier molecular flexibility index (Phi) is 3.94. The number of aromatic nitrogens is 1. The van der Waals surface area contributed by atoms with Crippen molar-refractivity contribution in [3.8, 4) is 5.75 Å². The summed E-state index contributed by atoms with van der Waals surface area (Å²) in [6.07, 6.45) is 4.32. The highest BCUT2D eigenvalue weighted by Gasteiger charge is 2.09. The first-order chi connectivity index (χ1) is 9.97. The quantitative estimate of drug-likeness (QED) is 0.659. The van der Waals surface area contributed by atoms with E-state index in [9.17, 15) is 20.0 Å². The van der Waals surface area contributed by atoms with Crippen molar-refractivity contribution in [1.82, 2.24) is 4.98 Å². The molecule has 0 saturated heterocycles. The van der Waals surface area contributed by atoms with Crippen molar-refractivity contribution in [3.63, 3.8) is 0 Å². The number of aromatic carboxylic acids is 1. The Labute approximate surface area is 119 Å². The zero-order chi connectivity index (χ0) is 15.4. The molecule has 7 heteroatoms. The summed E-state index contributed by atoms with van der Waals surface area (Å²) >= 11 is 0. The van der Waals surface area contributed by atoms with Crippen molar-refractivity contribution in [1.29, 1.82) is 0 Å². The molecule has 106 valence electrons. The first kappa shape index (κ1) is 14.2. The van der Waals surface area contributed by atoms with E-state index in [1.54, 1.807) is 18.2 Å². The zero-order valence-corrected chi connectivity index (χ0v) is 10.6. The van der Waals surface area contributed by atoms with E-state index in [4.69, 9.17) is 5.11 Å². The Hall–Kier alpha value is -3.22. The molecule has 21 heavy (non-hydrogen) atoms. The zero-order valence-electron chi connectivity index (χ0n) is 10.6. The van der Waals surface area contributed by atoms with Gasteiger partial charge in [0.25, 0.3) is 5.69 Å². The highest BCUT2D eigenvalue weighted by molar-refractivity contribution is 5.91. The Morgan fingerprint density at radius 3 is 2.57 bits per heavy atom. The van der Waals surface area contributed by atoms with Gasteiger partial charge in [-0.15, -0.1) is 0 Å². The Morgan fingerprint density at radius 1 is 1.24 bits per heavy atom. The van der Waals surface area contributed by atoms with E-state index in [1.165, 1.54) is 24.3 Å². The maximum Gasteiger partial charge on any atom is 0.339 e. The molecule has 1 aromatic carbocycles. The summed E-state index contributed by atoms with van der Waals surface area (Å²) in [4.78, 5) is 24.7. The van der Waals surface area contributed by atoms with Gasteiger partial charge in [-0.05, 0) is 29.8 Å². The maximum absolute atomic E-state index is 10.9. The summed E-state index contributed by atoms with van der Waals surface area (Å²) in [6.45, 7) is 0. The van der Waals surface area contributed by atoms with Crippen LogP contribution in [0.2, 0.25) is 0 Å². The molecule has 0 spiro atoms. The van der Waals surface area contributed by atoms with E-state index < -0.39 is 10.9 Å². The number of rotatable bonds is 4. The smallest absolute Gasteiger partial charge is 0.339 e. The number of phenols is 1.